The van der Waals surface area contributed by atoms with Crippen molar-refractivity contribution in [2.24, 2.45) is 0 Å². The second kappa shape index (κ2) is 8.89. The molecule has 0 N–H and O–H groups in total. The Hall–Kier alpha value is -2.89. The molecule has 0 amide bonds. The normalized spacial score (nSPS) is 20.2. The van der Waals surface area contributed by atoms with Gasteiger partial charge in [-0.3, -0.25) is 0 Å². The highest BCUT2D eigenvalue weighted by atomic mass is 35.5. The Kier molecular flexibility index (Phi) is 5.81. The second-order valence-corrected chi connectivity index (χ2v) is 9.78. The Balaban J connectivity index is 1.65. The molecule has 2 aliphatic heterocycles. The van der Waals surface area contributed by atoms with Crippen LogP contribution in [0.2, 0.25) is 20.1 Å². The monoisotopic (exact) mass is 558 g/mol. The van der Waals surface area contributed by atoms with E-state index in [-0.39, 0.29) is 31.6 Å². The van der Waals surface area contributed by atoms with Crippen LogP contribution in [0.15, 0.2) is 84.9 Å². The third-order valence-electron chi connectivity index (χ3n) is 6.15. The summed E-state index contributed by atoms with van der Waals surface area (Å²) >= 11 is 25.8. The van der Waals surface area contributed by atoms with Crippen molar-refractivity contribution in [3.05, 3.63) is 128 Å². The number of halogens is 5. The molecule has 0 unspecified atom stereocenters. The summed E-state index contributed by atoms with van der Waals surface area (Å²) in [4.78, 5) is 0. The van der Waals surface area contributed by atoms with E-state index in [9.17, 15) is 4.39 Å². The maximum Gasteiger partial charge on any atom is 0.320 e. The highest BCUT2D eigenvalue weighted by molar-refractivity contribution is 6.53. The van der Waals surface area contributed by atoms with Gasteiger partial charge in [0.2, 0.25) is 6.10 Å². The van der Waals surface area contributed by atoms with E-state index in [1.807, 2.05) is 60.7 Å². The summed E-state index contributed by atoms with van der Waals surface area (Å²) in [5, 5.41) is 0.164. The molecule has 4 aromatic carbocycles. The van der Waals surface area contributed by atoms with Crippen LogP contribution in [0.4, 0.5) is 4.39 Å². The summed E-state index contributed by atoms with van der Waals surface area (Å²) in [6.07, 6.45) is -0.862. The lowest BCUT2D eigenvalue weighted by Crippen LogP contribution is -2.49. The van der Waals surface area contributed by atoms with E-state index in [0.717, 1.165) is 16.7 Å². The van der Waals surface area contributed by atoms with Gasteiger partial charge in [0.1, 0.15) is 21.6 Å². The third-order valence-corrected chi connectivity index (χ3v) is 7.91. The molecule has 4 aromatic rings. The minimum absolute atomic E-state index is 0.0240. The smallest absolute Gasteiger partial charge is 0.320 e. The number of rotatable bonds is 3. The lowest BCUT2D eigenvalue weighted by molar-refractivity contribution is -0.188. The number of ether oxygens (including phenoxy) is 3. The summed E-state index contributed by atoms with van der Waals surface area (Å²) in [6, 6.07) is 25.1. The summed E-state index contributed by atoms with van der Waals surface area (Å²) < 4.78 is 33.7. The maximum absolute atomic E-state index is 13.9. The first kappa shape index (κ1) is 23.5. The molecule has 3 nitrogen and oxygen atoms in total. The molecule has 0 aromatic heterocycles. The molecule has 0 saturated carbocycles. The average Bonchev–Trinajstić information content (AvgIpc) is 3.26. The molecule has 2 heterocycles. The Morgan fingerprint density at radius 1 is 0.611 bits per heavy atom. The summed E-state index contributed by atoms with van der Waals surface area (Å²) in [5.74, 6) is -1.21. The van der Waals surface area contributed by atoms with Crippen molar-refractivity contribution < 1.29 is 18.6 Å². The predicted molar refractivity (Wildman–Crippen MR) is 140 cm³/mol. The fourth-order valence-corrected chi connectivity index (χ4v) is 5.39. The molecule has 36 heavy (non-hydrogen) atoms. The quantitative estimate of drug-likeness (QED) is 0.185. The fraction of sp³-hybridized carbons (Fsp3) is 0.0714. The van der Waals surface area contributed by atoms with Gasteiger partial charge in [0.25, 0.3) is 0 Å². The molecule has 6 rings (SSSR count). The minimum Gasteiger partial charge on any atom is -0.471 e. The van der Waals surface area contributed by atoms with E-state index < -0.39 is 17.7 Å². The predicted octanol–water partition coefficient (Wildman–Crippen LogP) is 9.03. The van der Waals surface area contributed by atoms with Crippen molar-refractivity contribution in [2.75, 3.05) is 0 Å². The second-order valence-electron chi connectivity index (χ2n) is 8.27. The zero-order chi connectivity index (χ0) is 25.0. The molecule has 0 radical (unpaired) electrons. The molecule has 0 saturated heterocycles. The van der Waals surface area contributed by atoms with Gasteiger partial charge < -0.3 is 14.2 Å². The maximum atomic E-state index is 13.9. The van der Waals surface area contributed by atoms with Crippen LogP contribution < -0.4 is 9.47 Å². The van der Waals surface area contributed by atoms with Crippen LogP contribution >= 0.6 is 46.4 Å². The molecule has 0 fully saturated rings. The van der Waals surface area contributed by atoms with Crippen LogP contribution in [-0.4, -0.2) is 6.10 Å². The van der Waals surface area contributed by atoms with Gasteiger partial charge in [0.05, 0.1) is 15.6 Å². The molecule has 0 bridgehead atoms. The zero-order valence-electron chi connectivity index (χ0n) is 18.3. The first-order valence-electron chi connectivity index (χ1n) is 10.9. The van der Waals surface area contributed by atoms with Crippen LogP contribution in [0.3, 0.4) is 0 Å². The van der Waals surface area contributed by atoms with E-state index in [1.165, 1.54) is 12.1 Å². The van der Waals surface area contributed by atoms with Gasteiger partial charge in [-0.2, -0.15) is 0 Å². The molecular formula is C28H15Cl4FO3. The Morgan fingerprint density at radius 2 is 1.17 bits per heavy atom. The molecule has 2 aliphatic rings. The van der Waals surface area contributed by atoms with Gasteiger partial charge in [-0.1, -0.05) is 107 Å². The van der Waals surface area contributed by atoms with Crippen molar-refractivity contribution in [3.8, 4) is 11.5 Å². The van der Waals surface area contributed by atoms with E-state index in [1.54, 1.807) is 12.1 Å². The van der Waals surface area contributed by atoms with Gasteiger partial charge in [-0.25, -0.2) is 4.39 Å². The molecular weight excluding hydrogens is 545 g/mol. The van der Waals surface area contributed by atoms with Gasteiger partial charge in [-0.05, 0) is 29.8 Å². The van der Waals surface area contributed by atoms with Crippen molar-refractivity contribution >= 4 is 57.7 Å². The Morgan fingerprint density at radius 3 is 1.78 bits per heavy atom. The number of hydrogen-bond donors (Lipinski definition) is 0. The Labute approximate surface area is 226 Å². The van der Waals surface area contributed by atoms with Gasteiger partial charge in [-0.15, -0.1) is 0 Å². The van der Waals surface area contributed by atoms with Crippen molar-refractivity contribution in [1.29, 1.82) is 0 Å². The molecule has 2 atom stereocenters. The highest BCUT2D eigenvalue weighted by Crippen LogP contribution is 2.60. The van der Waals surface area contributed by atoms with Gasteiger partial charge in [0.15, 0.2) is 11.5 Å². The molecule has 8 heteroatoms. The molecule has 180 valence electrons. The molecule has 0 aliphatic carbocycles. The highest BCUT2D eigenvalue weighted by Gasteiger charge is 2.60. The van der Waals surface area contributed by atoms with Crippen molar-refractivity contribution in [3.63, 3.8) is 0 Å². The number of hydrogen-bond acceptors (Lipinski definition) is 3. The van der Waals surface area contributed by atoms with Crippen LogP contribution in [0.1, 0.15) is 16.7 Å². The largest absolute Gasteiger partial charge is 0.471 e. The number of fused-ring (bicyclic) bond motifs is 2. The third kappa shape index (κ3) is 3.55. The van der Waals surface area contributed by atoms with Crippen LogP contribution in [-0.2, 0) is 10.5 Å². The summed E-state index contributed by atoms with van der Waals surface area (Å²) in [7, 11) is 0. The van der Waals surface area contributed by atoms with Crippen LogP contribution in [0, 0.1) is 5.82 Å². The van der Waals surface area contributed by atoms with E-state index in [0.29, 0.717) is 11.3 Å². The molecule has 0 spiro atoms. The standard InChI is InChI=1S/C28H15Cl4FO3/c29-20-21(30)23(32)26-25(22(20)31)34-27-19(15-7-3-1-4-8-15)24(16-9-5-2-6-10-16)35-28(27,36-26)17-11-13-18(33)14-12-17/h1-14,27H/t27-,28-/m0/s1. The van der Waals surface area contributed by atoms with Crippen molar-refractivity contribution in [2.45, 2.75) is 11.9 Å². The van der Waals surface area contributed by atoms with E-state index in [4.69, 9.17) is 60.6 Å². The van der Waals surface area contributed by atoms with Gasteiger partial charge >= 0.3 is 5.79 Å². The van der Waals surface area contributed by atoms with Crippen molar-refractivity contribution in [1.82, 2.24) is 0 Å². The average molecular weight is 560 g/mol. The SMILES string of the molecule is Fc1ccc([C@@]23OC(c4ccccc4)=C(c4ccccc4)[C@@H]2Oc2c(Cl)c(Cl)c(Cl)c(Cl)c2O3)cc1. The first-order chi connectivity index (χ1) is 17.4. The Bertz CT molecular complexity index is 1510. The zero-order valence-corrected chi connectivity index (χ0v) is 21.3. The summed E-state index contributed by atoms with van der Waals surface area (Å²) in [6.45, 7) is 0. The number of benzene rings is 4. The minimum atomic E-state index is -1.57. The van der Waals surface area contributed by atoms with Gasteiger partial charge in [0, 0.05) is 11.1 Å². The summed E-state index contributed by atoms with van der Waals surface area (Å²) in [5.41, 5.74) is 2.88. The first-order valence-corrected chi connectivity index (χ1v) is 12.4. The topological polar surface area (TPSA) is 27.7 Å². The van der Waals surface area contributed by atoms with Crippen LogP contribution in [0.25, 0.3) is 11.3 Å². The lowest BCUT2D eigenvalue weighted by Gasteiger charge is -2.41. The lowest BCUT2D eigenvalue weighted by atomic mass is 9.90. The van der Waals surface area contributed by atoms with E-state index >= 15 is 0 Å². The van der Waals surface area contributed by atoms with Crippen LogP contribution in [0.5, 0.6) is 11.5 Å². The van der Waals surface area contributed by atoms with E-state index in [2.05, 4.69) is 0 Å². The fourth-order valence-electron chi connectivity index (χ4n) is 4.49.